The minimum absolute atomic E-state index is 0.0502. The number of likely N-dealkylation sites (tertiary alicyclic amines) is 1. The maximum atomic E-state index is 13.5. The fourth-order valence-electron chi connectivity index (χ4n) is 3.02. The van der Waals surface area contributed by atoms with Gasteiger partial charge in [0.2, 0.25) is 0 Å². The number of carbonyl (C=O) groups is 2. The summed E-state index contributed by atoms with van der Waals surface area (Å²) in [6.07, 6.45) is 2.00. The van der Waals surface area contributed by atoms with Gasteiger partial charge in [0, 0.05) is 30.4 Å². The van der Waals surface area contributed by atoms with E-state index >= 15 is 0 Å². The number of benzene rings is 2. The number of hydrogen-bond donors (Lipinski definition) is 1. The molecule has 1 fully saturated rings. The van der Waals surface area contributed by atoms with Crippen LogP contribution >= 0.6 is 0 Å². The Morgan fingerprint density at radius 3 is 2.59 bits per heavy atom. The molecule has 0 radical (unpaired) electrons. The summed E-state index contributed by atoms with van der Waals surface area (Å²) in [5.74, 6) is -2.36. The Hall–Kier alpha value is -2.96. The number of nitrogens with zero attached hydrogens (tertiary/aromatic N) is 1. The summed E-state index contributed by atoms with van der Waals surface area (Å²) in [5.41, 5.74) is 1.70. The van der Waals surface area contributed by atoms with Crippen LogP contribution in [-0.2, 0) is 4.79 Å². The molecule has 0 aliphatic carbocycles. The summed E-state index contributed by atoms with van der Waals surface area (Å²) in [4.78, 5) is 26.5. The van der Waals surface area contributed by atoms with E-state index in [0.717, 1.165) is 38.1 Å². The number of ether oxygens (including phenoxy) is 1. The molecule has 2 amide bonds. The highest BCUT2D eigenvalue weighted by atomic mass is 19.1. The van der Waals surface area contributed by atoms with Gasteiger partial charge in [-0.25, -0.2) is 8.78 Å². The first kappa shape index (κ1) is 18.8. The lowest BCUT2D eigenvalue weighted by atomic mass is 10.1. The maximum absolute atomic E-state index is 13.5. The van der Waals surface area contributed by atoms with Crippen molar-refractivity contribution in [3.8, 4) is 5.75 Å². The molecule has 0 spiro atoms. The summed E-state index contributed by atoms with van der Waals surface area (Å²) in [7, 11) is 0. The average Bonchev–Trinajstić information content (AvgIpc) is 3.17. The molecule has 1 saturated heterocycles. The number of anilines is 1. The van der Waals surface area contributed by atoms with Crippen molar-refractivity contribution in [2.24, 2.45) is 0 Å². The van der Waals surface area contributed by atoms with Crippen molar-refractivity contribution in [3.63, 3.8) is 0 Å². The first-order valence-electron chi connectivity index (χ1n) is 8.72. The van der Waals surface area contributed by atoms with Crippen LogP contribution in [0, 0.1) is 18.6 Å². The van der Waals surface area contributed by atoms with E-state index < -0.39 is 24.1 Å². The van der Waals surface area contributed by atoms with Crippen LogP contribution in [0.15, 0.2) is 36.4 Å². The van der Waals surface area contributed by atoms with Gasteiger partial charge in [-0.2, -0.15) is 0 Å². The monoisotopic (exact) mass is 374 g/mol. The fraction of sp³-hybridized carbons (Fsp3) is 0.300. The van der Waals surface area contributed by atoms with Gasteiger partial charge in [-0.15, -0.1) is 0 Å². The topological polar surface area (TPSA) is 58.6 Å². The van der Waals surface area contributed by atoms with Crippen LogP contribution < -0.4 is 10.1 Å². The zero-order valence-corrected chi connectivity index (χ0v) is 14.9. The molecule has 7 heteroatoms. The summed E-state index contributed by atoms with van der Waals surface area (Å²) >= 11 is 0. The molecule has 142 valence electrons. The molecule has 0 unspecified atom stereocenters. The lowest BCUT2D eigenvalue weighted by Crippen LogP contribution is -2.28. The molecule has 0 aromatic heterocycles. The van der Waals surface area contributed by atoms with Crippen molar-refractivity contribution in [1.29, 1.82) is 0 Å². The molecule has 1 heterocycles. The van der Waals surface area contributed by atoms with Crippen molar-refractivity contribution < 1.29 is 23.1 Å². The number of halogens is 2. The molecule has 1 aliphatic rings. The fourth-order valence-corrected chi connectivity index (χ4v) is 3.02. The zero-order valence-electron chi connectivity index (χ0n) is 14.9. The Morgan fingerprint density at radius 1 is 1.15 bits per heavy atom. The van der Waals surface area contributed by atoms with Crippen LogP contribution in [0.2, 0.25) is 0 Å². The largest absolute Gasteiger partial charge is 0.481 e. The van der Waals surface area contributed by atoms with Crippen molar-refractivity contribution in [3.05, 3.63) is 59.2 Å². The van der Waals surface area contributed by atoms with Gasteiger partial charge in [0.25, 0.3) is 11.8 Å². The zero-order chi connectivity index (χ0) is 19.4. The van der Waals surface area contributed by atoms with Gasteiger partial charge in [-0.1, -0.05) is 6.07 Å². The molecule has 2 aromatic rings. The summed E-state index contributed by atoms with van der Waals surface area (Å²) in [6.45, 7) is 2.81. The highest BCUT2D eigenvalue weighted by Gasteiger charge is 2.22. The van der Waals surface area contributed by atoms with Gasteiger partial charge in [0.1, 0.15) is 5.82 Å². The van der Waals surface area contributed by atoms with E-state index in [-0.39, 0.29) is 11.7 Å². The third kappa shape index (κ3) is 4.42. The second-order valence-corrected chi connectivity index (χ2v) is 6.39. The van der Waals surface area contributed by atoms with E-state index in [0.29, 0.717) is 22.9 Å². The van der Waals surface area contributed by atoms with Crippen molar-refractivity contribution in [2.75, 3.05) is 25.0 Å². The molecule has 2 aromatic carbocycles. The second-order valence-electron chi connectivity index (χ2n) is 6.39. The second kappa shape index (κ2) is 8.16. The number of hydrogen-bond acceptors (Lipinski definition) is 3. The molecule has 1 aliphatic heterocycles. The van der Waals surface area contributed by atoms with E-state index in [1.165, 1.54) is 0 Å². The van der Waals surface area contributed by atoms with E-state index in [1.807, 2.05) is 0 Å². The Balaban J connectivity index is 1.65. The normalized spacial score (nSPS) is 13.5. The van der Waals surface area contributed by atoms with Crippen LogP contribution in [0.1, 0.15) is 28.8 Å². The number of carbonyl (C=O) groups excluding carboxylic acids is 2. The molecule has 5 nitrogen and oxygen atoms in total. The molecule has 0 atom stereocenters. The molecule has 27 heavy (non-hydrogen) atoms. The SMILES string of the molecule is Cc1c(NC(=O)COc2ccc(F)cc2F)cccc1C(=O)N1CCCC1. The summed E-state index contributed by atoms with van der Waals surface area (Å²) in [5, 5.41) is 2.67. The van der Waals surface area contributed by atoms with Crippen molar-refractivity contribution >= 4 is 17.5 Å². The minimum Gasteiger partial charge on any atom is -0.481 e. The smallest absolute Gasteiger partial charge is 0.262 e. The Kier molecular flexibility index (Phi) is 5.69. The highest BCUT2D eigenvalue weighted by Crippen LogP contribution is 2.22. The quantitative estimate of drug-likeness (QED) is 0.871. The third-order valence-corrected chi connectivity index (χ3v) is 4.48. The van der Waals surface area contributed by atoms with Crippen LogP contribution in [-0.4, -0.2) is 36.4 Å². The van der Waals surface area contributed by atoms with E-state index in [4.69, 9.17) is 4.74 Å². The highest BCUT2D eigenvalue weighted by molar-refractivity contribution is 5.99. The Bertz CT molecular complexity index is 864. The summed E-state index contributed by atoms with van der Waals surface area (Å²) < 4.78 is 31.5. The lowest BCUT2D eigenvalue weighted by Gasteiger charge is -2.18. The molecule has 0 bridgehead atoms. The number of rotatable bonds is 5. The van der Waals surface area contributed by atoms with Gasteiger partial charge in [-0.3, -0.25) is 9.59 Å². The van der Waals surface area contributed by atoms with E-state index in [1.54, 1.807) is 30.0 Å². The first-order valence-corrected chi connectivity index (χ1v) is 8.72. The predicted molar refractivity (Wildman–Crippen MR) is 96.8 cm³/mol. The van der Waals surface area contributed by atoms with Crippen molar-refractivity contribution in [1.82, 2.24) is 4.90 Å². The van der Waals surface area contributed by atoms with Gasteiger partial charge in [0.05, 0.1) is 0 Å². The minimum atomic E-state index is -0.878. The summed E-state index contributed by atoms with van der Waals surface area (Å²) in [6, 6.07) is 7.98. The lowest BCUT2D eigenvalue weighted by molar-refractivity contribution is -0.118. The molecule has 1 N–H and O–H groups in total. The van der Waals surface area contributed by atoms with Crippen molar-refractivity contribution in [2.45, 2.75) is 19.8 Å². The number of nitrogens with one attached hydrogen (secondary N) is 1. The van der Waals surface area contributed by atoms with Gasteiger partial charge < -0.3 is 15.0 Å². The van der Waals surface area contributed by atoms with Crippen LogP contribution in [0.4, 0.5) is 14.5 Å². The van der Waals surface area contributed by atoms with Gasteiger partial charge in [-0.05, 0) is 49.6 Å². The van der Waals surface area contributed by atoms with Crippen LogP contribution in [0.3, 0.4) is 0 Å². The Labute approximate surface area is 155 Å². The molecular weight excluding hydrogens is 354 g/mol. The maximum Gasteiger partial charge on any atom is 0.262 e. The van der Waals surface area contributed by atoms with Gasteiger partial charge in [0.15, 0.2) is 18.2 Å². The van der Waals surface area contributed by atoms with Crippen LogP contribution in [0.25, 0.3) is 0 Å². The van der Waals surface area contributed by atoms with E-state index in [2.05, 4.69) is 5.32 Å². The predicted octanol–water partition coefficient (Wildman–Crippen LogP) is 3.53. The Morgan fingerprint density at radius 2 is 1.89 bits per heavy atom. The molecule has 3 rings (SSSR count). The van der Waals surface area contributed by atoms with Crippen LogP contribution in [0.5, 0.6) is 5.75 Å². The van der Waals surface area contributed by atoms with Gasteiger partial charge >= 0.3 is 0 Å². The number of amides is 2. The standard InChI is InChI=1S/C20H20F2N2O3/c1-13-15(20(26)24-9-2-3-10-24)5-4-6-17(13)23-19(25)12-27-18-8-7-14(21)11-16(18)22/h4-8,11H,2-3,9-10,12H2,1H3,(H,23,25). The van der Waals surface area contributed by atoms with E-state index in [9.17, 15) is 18.4 Å². The molecular formula is C20H20F2N2O3. The average molecular weight is 374 g/mol. The first-order chi connectivity index (χ1) is 13.0. The third-order valence-electron chi connectivity index (χ3n) is 4.48. The molecule has 0 saturated carbocycles.